The Morgan fingerprint density at radius 2 is 0.438 bits per heavy atom. The lowest BCUT2D eigenvalue weighted by atomic mass is 9.78. The van der Waals surface area contributed by atoms with E-state index in [4.69, 9.17) is 0 Å². The number of benzene rings is 16. The van der Waals surface area contributed by atoms with E-state index in [1.54, 1.807) is 0 Å². The normalized spacial score (nSPS) is 12.7. The van der Waals surface area contributed by atoms with Crippen molar-refractivity contribution in [3.63, 3.8) is 0 Å². The Kier molecular flexibility index (Phi) is 27.6. The first-order valence-electron chi connectivity index (χ1n) is 53.8. The van der Waals surface area contributed by atoms with Crippen LogP contribution in [0.5, 0.6) is 0 Å². The van der Waals surface area contributed by atoms with Crippen LogP contribution in [0, 0.1) is 13.8 Å². The molecular formula is C141H159N5. The number of nitrogens with zero attached hydrogens (tertiary/aromatic N) is 5. The maximum absolute atomic E-state index is 2.57. The molecule has 0 unspecified atom stereocenters. The van der Waals surface area contributed by atoms with Crippen molar-refractivity contribution in [2.45, 2.75) is 297 Å². The van der Waals surface area contributed by atoms with E-state index >= 15 is 0 Å². The summed E-state index contributed by atoms with van der Waals surface area (Å²) in [5.74, 6) is 0.243. The smallest absolute Gasteiger partial charge is 0.0547 e. The molecule has 21 rings (SSSR count). The molecule has 0 atom stereocenters. The van der Waals surface area contributed by atoms with Crippen molar-refractivity contribution in [1.82, 2.24) is 22.8 Å². The molecule has 748 valence electrons. The molecule has 5 heteroatoms. The van der Waals surface area contributed by atoms with Gasteiger partial charge in [0, 0.05) is 76.6 Å². The predicted molar refractivity (Wildman–Crippen MR) is 642 cm³/mol. The summed E-state index contributed by atoms with van der Waals surface area (Å²) in [7, 11) is 0. The van der Waals surface area contributed by atoms with Crippen LogP contribution < -0.4 is 0 Å². The fraction of sp³-hybridized carbons (Fsp3) is 0.319. The van der Waals surface area contributed by atoms with Crippen LogP contribution in [0.1, 0.15) is 301 Å². The van der Waals surface area contributed by atoms with Gasteiger partial charge in [0.2, 0.25) is 0 Å². The highest BCUT2D eigenvalue weighted by molar-refractivity contribution is 6.22. The average Bonchev–Trinajstić information content (AvgIpc) is 1.56. The minimum Gasteiger partial charge on any atom is -0.309 e. The molecule has 0 N–H and O–H groups in total. The first-order valence-corrected chi connectivity index (χ1v) is 53.8. The van der Waals surface area contributed by atoms with E-state index in [-0.39, 0.29) is 54.7 Å². The fourth-order valence-electron chi connectivity index (χ4n) is 22.3. The maximum Gasteiger partial charge on any atom is 0.0547 e. The van der Waals surface area contributed by atoms with Crippen LogP contribution in [0.3, 0.4) is 0 Å². The summed E-state index contributed by atoms with van der Waals surface area (Å²) in [6.45, 7) is 80.2. The molecule has 0 bridgehead atoms. The van der Waals surface area contributed by atoms with Crippen LogP contribution in [0.25, 0.3) is 171 Å². The van der Waals surface area contributed by atoms with Gasteiger partial charge in [-0.15, -0.1) is 0 Å². The van der Waals surface area contributed by atoms with Crippen LogP contribution >= 0.6 is 0 Å². The van der Waals surface area contributed by atoms with Crippen molar-refractivity contribution in [3.8, 4) is 61.8 Å². The number of rotatable bonds is 9. The van der Waals surface area contributed by atoms with Crippen molar-refractivity contribution in [2.75, 3.05) is 0 Å². The standard InChI is InChI=1S/C55H62N2.C45H42N2.C37H43N.2C2H6/c1-34(2)49-47(57-44-25-23-36(52(3,4)5)32-42(44)43-33-37(53(6,7)8)24-26-45(43)57)27-28-48-51(49)50-41(21-18-22-46(50)56(48)40-19-16-15-17-20-40)35-29-38(54(9,10)11)31-39(30-35)55(12,13)14;1-29-37(47-38-21-13-11-18-35(38)36-19-12-14-22-39(36)47)24-25-41-42(29)43-34(20-15-23-40(43)46(41)33-16-9-8-10-17-33)30-26-31(44(2,3)4)28-32(27-30)45(5,6)7;1-24-30(37(8,9)10)19-20-32-33(24)34-29(17-14-18-31(34)38(32)28-15-12-11-13-16-28)25-21-26(35(2,3)4)23-27(22-25)36(5,6)7;2*1-2/h15-34H,1-14H3;8-28H,1-7H3;11-23H,1-10H3;2*1-2H3. The molecule has 0 aliphatic heterocycles. The van der Waals surface area contributed by atoms with E-state index in [2.05, 4.69) is 559 Å². The van der Waals surface area contributed by atoms with Gasteiger partial charge in [0.05, 0.1) is 60.9 Å². The minimum atomic E-state index is 0.00838. The summed E-state index contributed by atoms with van der Waals surface area (Å²) < 4.78 is 12.4. The summed E-state index contributed by atoms with van der Waals surface area (Å²) >= 11 is 0. The monoisotopic (exact) mass is 1920 g/mol. The third-order valence-electron chi connectivity index (χ3n) is 30.3. The van der Waals surface area contributed by atoms with E-state index in [9.17, 15) is 0 Å². The predicted octanol–water partition coefficient (Wildman–Crippen LogP) is 41.0. The lowest BCUT2D eigenvalue weighted by Gasteiger charge is -2.26. The molecular weight excluding hydrogens is 1760 g/mol. The number of aromatic nitrogens is 5. The van der Waals surface area contributed by atoms with E-state index in [1.807, 2.05) is 27.7 Å². The van der Waals surface area contributed by atoms with Crippen molar-refractivity contribution >= 4 is 109 Å². The Hall–Kier alpha value is -13.5. The van der Waals surface area contributed by atoms with Crippen LogP contribution in [0.4, 0.5) is 0 Å². The van der Waals surface area contributed by atoms with E-state index in [0.717, 1.165) is 0 Å². The number of aryl methyl sites for hydroxylation is 2. The Balaban J connectivity index is 0.000000150. The zero-order valence-electron chi connectivity index (χ0n) is 94.4. The van der Waals surface area contributed by atoms with Crippen LogP contribution in [0.2, 0.25) is 0 Å². The number of para-hydroxylation sites is 5. The van der Waals surface area contributed by atoms with Crippen molar-refractivity contribution < 1.29 is 0 Å². The molecule has 0 amide bonds. The first-order chi connectivity index (χ1) is 68.8. The Labute approximate surface area is 872 Å². The molecule has 0 spiro atoms. The van der Waals surface area contributed by atoms with E-state index < -0.39 is 0 Å². The summed E-state index contributed by atoms with van der Waals surface area (Å²) in [6, 6.07) is 121. The van der Waals surface area contributed by atoms with Gasteiger partial charge in [0.15, 0.2) is 0 Å². The molecule has 0 radical (unpaired) electrons. The summed E-state index contributed by atoms with van der Waals surface area (Å²) in [5.41, 5.74) is 43.0. The van der Waals surface area contributed by atoms with Gasteiger partial charge in [-0.2, -0.15) is 0 Å². The van der Waals surface area contributed by atoms with Crippen molar-refractivity contribution in [1.29, 1.82) is 0 Å². The number of fused-ring (bicyclic) bond motifs is 15. The molecule has 0 saturated carbocycles. The number of hydrogen-bond acceptors (Lipinski definition) is 0. The molecule has 5 nitrogen and oxygen atoms in total. The summed E-state index contributed by atoms with van der Waals surface area (Å²) in [6.07, 6.45) is 0. The fourth-order valence-corrected chi connectivity index (χ4v) is 22.3. The Morgan fingerprint density at radius 3 is 0.753 bits per heavy atom. The molecule has 21 aromatic rings. The van der Waals surface area contributed by atoms with Gasteiger partial charge in [-0.05, 0) is 290 Å². The molecule has 16 aromatic carbocycles. The third-order valence-corrected chi connectivity index (χ3v) is 30.3. The van der Waals surface area contributed by atoms with Gasteiger partial charge in [0.1, 0.15) is 0 Å². The van der Waals surface area contributed by atoms with Gasteiger partial charge in [-0.25, -0.2) is 0 Å². The highest BCUT2D eigenvalue weighted by Crippen LogP contribution is 2.52. The van der Waals surface area contributed by atoms with E-state index in [0.29, 0.717) is 0 Å². The van der Waals surface area contributed by atoms with Crippen molar-refractivity contribution in [2.24, 2.45) is 0 Å². The molecule has 5 aromatic heterocycles. The van der Waals surface area contributed by atoms with E-state index in [1.165, 1.54) is 238 Å². The maximum atomic E-state index is 2.57. The topological polar surface area (TPSA) is 24.6 Å². The van der Waals surface area contributed by atoms with Crippen molar-refractivity contribution in [3.05, 3.63) is 388 Å². The highest BCUT2D eigenvalue weighted by atomic mass is 15.0. The Bertz CT molecular complexity index is 8280. The Morgan fingerprint density at radius 1 is 0.185 bits per heavy atom. The summed E-state index contributed by atoms with van der Waals surface area (Å²) in [4.78, 5) is 0. The molecule has 0 saturated heterocycles. The molecule has 0 aliphatic rings. The molecule has 0 fully saturated rings. The second-order valence-corrected chi connectivity index (χ2v) is 50.2. The second-order valence-electron chi connectivity index (χ2n) is 50.2. The molecule has 5 heterocycles. The zero-order valence-corrected chi connectivity index (χ0v) is 94.4. The largest absolute Gasteiger partial charge is 0.309 e. The van der Waals surface area contributed by atoms with Gasteiger partial charge in [0.25, 0.3) is 0 Å². The second kappa shape index (κ2) is 38.7. The summed E-state index contributed by atoms with van der Waals surface area (Å²) in [5, 5.41) is 13.2. The van der Waals surface area contributed by atoms with Gasteiger partial charge in [-0.3, -0.25) is 0 Å². The van der Waals surface area contributed by atoms with Crippen LogP contribution in [-0.4, -0.2) is 22.8 Å². The van der Waals surface area contributed by atoms with Crippen LogP contribution in [-0.2, 0) is 48.7 Å². The minimum absolute atomic E-state index is 0.00838. The third kappa shape index (κ3) is 19.2. The van der Waals surface area contributed by atoms with Gasteiger partial charge < -0.3 is 22.8 Å². The number of hydrogen-bond donors (Lipinski definition) is 0. The SMILES string of the molecule is CC.CC.CC(C)c1c(-n2c3ccc(C(C)(C)C)cc3c3cc(C(C)(C)C)ccc32)ccc2c1c1c(-c3cc(C(C)(C)C)cc(C(C)(C)C)c3)cccc1n2-c1ccccc1.Cc1c(-n2c3ccccc3c3ccccc32)ccc2c1c1c(-c3cc(C(C)(C)C)cc(C(C)(C)C)c3)cccc1n2-c1ccccc1.Cc1c(C(C)(C)C)ccc2c1c1c(-c3cc(C(C)(C)C)cc(C(C)(C)C)c3)cccc1n2-c1ccccc1. The zero-order chi connectivity index (χ0) is 105. The first kappa shape index (κ1) is 104. The molecule has 146 heavy (non-hydrogen) atoms. The highest BCUT2D eigenvalue weighted by Gasteiger charge is 2.34. The molecule has 0 aliphatic carbocycles. The van der Waals surface area contributed by atoms with Crippen LogP contribution in [0.15, 0.2) is 322 Å². The quantitative estimate of drug-likeness (QED) is 0.138. The lowest BCUT2D eigenvalue weighted by molar-refractivity contribution is 0.568. The lowest BCUT2D eigenvalue weighted by Crippen LogP contribution is -2.16. The average molecular weight is 1920 g/mol. The van der Waals surface area contributed by atoms with Gasteiger partial charge in [-0.1, -0.05) is 429 Å². The van der Waals surface area contributed by atoms with Gasteiger partial charge >= 0.3 is 0 Å².